The summed E-state index contributed by atoms with van der Waals surface area (Å²) in [5.74, 6) is 0.669. The molecule has 0 aromatic carbocycles. The van der Waals surface area contributed by atoms with Gasteiger partial charge >= 0.3 is 0 Å². The van der Waals surface area contributed by atoms with Crippen LogP contribution in [-0.4, -0.2) is 14.8 Å². The Morgan fingerprint density at radius 2 is 2.47 bits per heavy atom. The number of nitrogens with two attached hydrogens (primary N) is 1. The highest BCUT2D eigenvalue weighted by atomic mass is 15.3. The first-order valence-electron chi connectivity index (χ1n) is 5.17. The Kier molecular flexibility index (Phi) is 2.45. The summed E-state index contributed by atoms with van der Waals surface area (Å²) in [4.78, 5) is 4.13. The number of hydrogen-bond donors (Lipinski definition) is 1. The van der Waals surface area contributed by atoms with E-state index in [2.05, 4.69) is 16.2 Å². The Morgan fingerprint density at radius 1 is 1.73 bits per heavy atom. The molecule has 2 rings (SSSR count). The van der Waals surface area contributed by atoms with Crippen molar-refractivity contribution in [3.8, 4) is 6.07 Å². The molecule has 5 heteroatoms. The molecule has 0 bridgehead atoms. The lowest BCUT2D eigenvalue weighted by molar-refractivity contribution is 0.401. The summed E-state index contributed by atoms with van der Waals surface area (Å²) >= 11 is 0. The lowest BCUT2D eigenvalue weighted by Gasteiger charge is -2.09. The molecule has 0 aliphatic heterocycles. The second-order valence-corrected chi connectivity index (χ2v) is 4.42. The van der Waals surface area contributed by atoms with Crippen molar-refractivity contribution < 1.29 is 0 Å². The number of nitrogens with zero attached hydrogens (tertiary/aromatic N) is 4. The summed E-state index contributed by atoms with van der Waals surface area (Å²) in [6, 6.07) is 2.11. The molecule has 1 aliphatic rings. The molecule has 2 N–H and O–H groups in total. The van der Waals surface area contributed by atoms with Crippen LogP contribution in [0.3, 0.4) is 0 Å². The van der Waals surface area contributed by atoms with E-state index in [1.54, 1.807) is 6.33 Å². The third kappa shape index (κ3) is 2.16. The third-order valence-corrected chi connectivity index (χ3v) is 2.87. The zero-order chi connectivity index (χ0) is 10.9. The molecule has 1 unspecified atom stereocenters. The summed E-state index contributed by atoms with van der Waals surface area (Å²) in [6.07, 6.45) is 4.55. The summed E-state index contributed by atoms with van der Waals surface area (Å²) in [6.45, 7) is 2.65. The van der Waals surface area contributed by atoms with Gasteiger partial charge in [0.05, 0.1) is 12.1 Å². The van der Waals surface area contributed by atoms with Crippen molar-refractivity contribution in [1.29, 1.82) is 5.26 Å². The Bertz CT molecular complexity index is 383. The maximum absolute atomic E-state index is 8.70. The smallest absolute Gasteiger partial charge is 0.166 e. The predicted molar refractivity (Wildman–Crippen MR) is 54.5 cm³/mol. The fourth-order valence-corrected chi connectivity index (χ4v) is 1.67. The van der Waals surface area contributed by atoms with E-state index in [9.17, 15) is 0 Å². The zero-order valence-electron chi connectivity index (χ0n) is 8.85. The van der Waals surface area contributed by atoms with Gasteiger partial charge in [0.1, 0.15) is 6.33 Å². The summed E-state index contributed by atoms with van der Waals surface area (Å²) in [7, 11) is 0. The van der Waals surface area contributed by atoms with E-state index in [4.69, 9.17) is 11.0 Å². The maximum atomic E-state index is 8.70. The van der Waals surface area contributed by atoms with Crippen LogP contribution < -0.4 is 5.73 Å². The molecule has 80 valence electrons. The number of aromatic nitrogens is 3. The SMILES string of the molecule is CC(N)c1ncn(CC2(CC#N)CC2)n1. The van der Waals surface area contributed by atoms with Crippen LogP contribution in [-0.2, 0) is 6.54 Å². The Balaban J connectivity index is 2.02. The molecule has 5 nitrogen and oxygen atoms in total. The molecule has 1 aromatic heterocycles. The Hall–Kier alpha value is -1.41. The van der Waals surface area contributed by atoms with E-state index in [1.165, 1.54) is 0 Å². The van der Waals surface area contributed by atoms with Gasteiger partial charge in [-0.1, -0.05) is 0 Å². The van der Waals surface area contributed by atoms with Gasteiger partial charge < -0.3 is 5.73 Å². The van der Waals surface area contributed by atoms with Crippen LogP contribution in [0.15, 0.2) is 6.33 Å². The quantitative estimate of drug-likeness (QED) is 0.794. The topological polar surface area (TPSA) is 80.5 Å². The lowest BCUT2D eigenvalue weighted by Crippen LogP contribution is -2.13. The Labute approximate surface area is 88.9 Å². The van der Waals surface area contributed by atoms with Crippen molar-refractivity contribution in [1.82, 2.24) is 14.8 Å². The molecule has 0 saturated heterocycles. The van der Waals surface area contributed by atoms with Crippen LogP contribution >= 0.6 is 0 Å². The first-order chi connectivity index (χ1) is 7.15. The van der Waals surface area contributed by atoms with Gasteiger partial charge in [0.15, 0.2) is 5.82 Å². The van der Waals surface area contributed by atoms with Gasteiger partial charge in [-0.2, -0.15) is 10.4 Å². The van der Waals surface area contributed by atoms with E-state index < -0.39 is 0 Å². The fourth-order valence-electron chi connectivity index (χ4n) is 1.67. The van der Waals surface area contributed by atoms with Crippen molar-refractivity contribution in [2.75, 3.05) is 0 Å². The monoisotopic (exact) mass is 205 g/mol. The molecule has 1 atom stereocenters. The van der Waals surface area contributed by atoms with Crippen molar-refractivity contribution >= 4 is 0 Å². The number of nitriles is 1. The van der Waals surface area contributed by atoms with Crippen LogP contribution in [0.25, 0.3) is 0 Å². The summed E-state index contributed by atoms with van der Waals surface area (Å²) in [5, 5.41) is 13.0. The summed E-state index contributed by atoms with van der Waals surface area (Å²) < 4.78 is 1.81. The highest BCUT2D eigenvalue weighted by Gasteiger charge is 2.43. The van der Waals surface area contributed by atoms with E-state index in [1.807, 2.05) is 11.6 Å². The first-order valence-corrected chi connectivity index (χ1v) is 5.17. The predicted octanol–water partition coefficient (Wildman–Crippen LogP) is 0.992. The second-order valence-electron chi connectivity index (χ2n) is 4.42. The average molecular weight is 205 g/mol. The molecular weight excluding hydrogens is 190 g/mol. The van der Waals surface area contributed by atoms with Crippen LogP contribution in [0.4, 0.5) is 0 Å². The molecule has 15 heavy (non-hydrogen) atoms. The molecule has 1 aromatic rings. The number of rotatable bonds is 4. The molecule has 1 heterocycles. The largest absolute Gasteiger partial charge is 0.321 e. The van der Waals surface area contributed by atoms with Crippen LogP contribution in [0, 0.1) is 16.7 Å². The van der Waals surface area contributed by atoms with Crippen LogP contribution in [0.1, 0.15) is 38.1 Å². The van der Waals surface area contributed by atoms with E-state index in [-0.39, 0.29) is 11.5 Å². The van der Waals surface area contributed by atoms with Crippen molar-refractivity contribution in [3.05, 3.63) is 12.2 Å². The van der Waals surface area contributed by atoms with E-state index in [0.29, 0.717) is 12.2 Å². The maximum Gasteiger partial charge on any atom is 0.166 e. The zero-order valence-corrected chi connectivity index (χ0v) is 8.85. The second kappa shape index (κ2) is 3.63. The van der Waals surface area contributed by atoms with Crippen molar-refractivity contribution in [2.24, 2.45) is 11.1 Å². The molecular formula is C10H15N5. The third-order valence-electron chi connectivity index (χ3n) is 2.87. The molecule has 1 saturated carbocycles. The highest BCUT2D eigenvalue weighted by Crippen LogP contribution is 2.49. The van der Waals surface area contributed by atoms with Gasteiger partial charge in [-0.3, -0.25) is 4.68 Å². The lowest BCUT2D eigenvalue weighted by atomic mass is 10.0. The average Bonchev–Trinajstić information content (AvgIpc) is 2.77. The van der Waals surface area contributed by atoms with Gasteiger partial charge in [-0.15, -0.1) is 0 Å². The Morgan fingerprint density at radius 3 is 2.93 bits per heavy atom. The number of hydrogen-bond acceptors (Lipinski definition) is 4. The van der Waals surface area contributed by atoms with Crippen molar-refractivity contribution in [2.45, 2.75) is 38.8 Å². The van der Waals surface area contributed by atoms with Gasteiger partial charge in [-0.25, -0.2) is 4.98 Å². The normalized spacial score (nSPS) is 19.5. The molecule has 0 radical (unpaired) electrons. The minimum Gasteiger partial charge on any atom is -0.321 e. The first kappa shape index (κ1) is 10.1. The van der Waals surface area contributed by atoms with Gasteiger partial charge in [0.25, 0.3) is 0 Å². The van der Waals surface area contributed by atoms with Gasteiger partial charge in [-0.05, 0) is 19.8 Å². The minimum atomic E-state index is -0.127. The molecule has 1 fully saturated rings. The van der Waals surface area contributed by atoms with Gasteiger partial charge in [0.2, 0.25) is 0 Å². The minimum absolute atomic E-state index is 0.127. The fraction of sp³-hybridized carbons (Fsp3) is 0.700. The van der Waals surface area contributed by atoms with Crippen LogP contribution in [0.5, 0.6) is 0 Å². The van der Waals surface area contributed by atoms with E-state index in [0.717, 1.165) is 19.4 Å². The van der Waals surface area contributed by atoms with Gasteiger partial charge in [0, 0.05) is 18.4 Å². The summed E-state index contributed by atoms with van der Waals surface area (Å²) in [5.41, 5.74) is 5.84. The standard InChI is InChI=1S/C10H15N5/c1-8(12)9-13-7-15(14-9)6-10(2-3-10)4-5-11/h7-8H,2-4,6,12H2,1H3. The van der Waals surface area contributed by atoms with E-state index >= 15 is 0 Å². The molecule has 0 amide bonds. The van der Waals surface area contributed by atoms with Crippen molar-refractivity contribution in [3.63, 3.8) is 0 Å². The molecule has 1 aliphatic carbocycles. The highest BCUT2D eigenvalue weighted by molar-refractivity contribution is 4.99. The molecule has 0 spiro atoms. The van der Waals surface area contributed by atoms with Crippen LogP contribution in [0.2, 0.25) is 0 Å².